The van der Waals surface area contributed by atoms with Crippen molar-refractivity contribution in [2.45, 2.75) is 50.7 Å². The van der Waals surface area contributed by atoms with Gasteiger partial charge in [0.15, 0.2) is 0 Å². The van der Waals surface area contributed by atoms with Crippen LogP contribution in [0.5, 0.6) is 0 Å². The van der Waals surface area contributed by atoms with Crippen molar-refractivity contribution >= 4 is 11.6 Å². The van der Waals surface area contributed by atoms with Crippen LogP contribution in [-0.4, -0.2) is 30.1 Å². The van der Waals surface area contributed by atoms with Crippen LogP contribution in [0.1, 0.15) is 37.7 Å². The molecule has 1 saturated heterocycles. The van der Waals surface area contributed by atoms with Crippen molar-refractivity contribution in [3.63, 3.8) is 0 Å². The molecule has 1 aliphatic carbocycles. The molecule has 0 radical (unpaired) electrons. The summed E-state index contributed by atoms with van der Waals surface area (Å²) < 4.78 is 13.5. The van der Waals surface area contributed by atoms with Crippen LogP contribution in [0.2, 0.25) is 5.02 Å². The minimum atomic E-state index is -0.311. The normalized spacial score (nSPS) is 24.0. The molecule has 3 rings (SSSR count). The molecule has 110 valence electrons. The van der Waals surface area contributed by atoms with Crippen LogP contribution in [-0.2, 0) is 6.54 Å². The van der Waals surface area contributed by atoms with E-state index in [-0.39, 0.29) is 10.8 Å². The Morgan fingerprint density at radius 2 is 2.10 bits per heavy atom. The first-order chi connectivity index (χ1) is 9.72. The minimum absolute atomic E-state index is 0.208. The van der Waals surface area contributed by atoms with Gasteiger partial charge in [-0.05, 0) is 49.9 Å². The van der Waals surface area contributed by atoms with E-state index in [0.29, 0.717) is 6.04 Å². The summed E-state index contributed by atoms with van der Waals surface area (Å²) in [5, 5.41) is 3.83. The molecule has 1 heterocycles. The summed E-state index contributed by atoms with van der Waals surface area (Å²) in [6.07, 6.45) is 6.46. The van der Waals surface area contributed by atoms with Gasteiger partial charge in [0.05, 0.1) is 5.02 Å². The molecule has 0 spiro atoms. The van der Waals surface area contributed by atoms with Gasteiger partial charge in [-0.15, -0.1) is 0 Å². The van der Waals surface area contributed by atoms with Gasteiger partial charge in [-0.3, -0.25) is 4.90 Å². The highest BCUT2D eigenvalue weighted by Gasteiger charge is 2.26. The molecule has 0 aromatic heterocycles. The number of likely N-dealkylation sites (tertiary alicyclic amines) is 1. The van der Waals surface area contributed by atoms with Gasteiger partial charge >= 0.3 is 0 Å². The summed E-state index contributed by atoms with van der Waals surface area (Å²) in [5.41, 5.74) is 1.02. The fourth-order valence-corrected chi connectivity index (χ4v) is 3.08. The molecule has 1 aliphatic heterocycles. The lowest BCUT2D eigenvalue weighted by Crippen LogP contribution is -2.45. The van der Waals surface area contributed by atoms with Crippen LogP contribution in [0.25, 0.3) is 0 Å². The van der Waals surface area contributed by atoms with E-state index in [4.69, 9.17) is 11.6 Å². The Morgan fingerprint density at radius 3 is 2.85 bits per heavy atom. The van der Waals surface area contributed by atoms with Crippen LogP contribution >= 0.6 is 11.6 Å². The van der Waals surface area contributed by atoms with Crippen molar-refractivity contribution in [3.8, 4) is 0 Å². The van der Waals surface area contributed by atoms with Crippen LogP contribution in [0.4, 0.5) is 4.39 Å². The van der Waals surface area contributed by atoms with E-state index in [1.165, 1.54) is 32.1 Å². The third-order valence-corrected chi connectivity index (χ3v) is 4.64. The van der Waals surface area contributed by atoms with Gasteiger partial charge in [0.2, 0.25) is 0 Å². The van der Waals surface area contributed by atoms with Gasteiger partial charge in [-0.2, -0.15) is 0 Å². The molecule has 0 amide bonds. The van der Waals surface area contributed by atoms with Gasteiger partial charge in [0, 0.05) is 25.2 Å². The predicted molar refractivity (Wildman–Crippen MR) is 80.5 cm³/mol. The molecule has 20 heavy (non-hydrogen) atoms. The van der Waals surface area contributed by atoms with Crippen molar-refractivity contribution in [2.75, 3.05) is 13.1 Å². The van der Waals surface area contributed by atoms with Gasteiger partial charge in [-0.25, -0.2) is 4.39 Å². The number of hydrogen-bond donors (Lipinski definition) is 1. The van der Waals surface area contributed by atoms with E-state index >= 15 is 0 Å². The van der Waals surface area contributed by atoms with Crippen LogP contribution in [0.3, 0.4) is 0 Å². The van der Waals surface area contributed by atoms with Gasteiger partial charge in [0.1, 0.15) is 5.82 Å². The maximum atomic E-state index is 13.5. The number of nitrogens with one attached hydrogen (secondary N) is 1. The van der Waals surface area contributed by atoms with E-state index in [9.17, 15) is 4.39 Å². The van der Waals surface area contributed by atoms with Crippen molar-refractivity contribution in [1.82, 2.24) is 10.2 Å². The molecule has 1 aromatic rings. The third kappa shape index (κ3) is 3.72. The Kier molecular flexibility index (Phi) is 4.59. The molecule has 1 unspecified atom stereocenters. The number of halogens is 2. The number of benzene rings is 1. The van der Waals surface area contributed by atoms with Crippen molar-refractivity contribution in [3.05, 3.63) is 34.6 Å². The fraction of sp³-hybridized carbons (Fsp3) is 0.625. The second-order valence-corrected chi connectivity index (χ2v) is 6.46. The summed E-state index contributed by atoms with van der Waals surface area (Å²) >= 11 is 5.74. The average Bonchev–Trinajstić information content (AvgIpc) is 3.26. The highest BCUT2D eigenvalue weighted by molar-refractivity contribution is 6.30. The maximum Gasteiger partial charge on any atom is 0.142 e. The average molecular weight is 297 g/mol. The van der Waals surface area contributed by atoms with Gasteiger partial charge in [-0.1, -0.05) is 24.1 Å². The molecule has 2 aliphatic rings. The summed E-state index contributed by atoms with van der Waals surface area (Å²) in [7, 11) is 0. The zero-order chi connectivity index (χ0) is 13.9. The Labute approximate surface area is 125 Å². The molecular formula is C16H22ClFN2. The Morgan fingerprint density at radius 1 is 1.25 bits per heavy atom. The van der Waals surface area contributed by atoms with E-state index in [0.717, 1.165) is 31.2 Å². The molecule has 0 bridgehead atoms. The van der Waals surface area contributed by atoms with Crippen molar-refractivity contribution in [2.24, 2.45) is 0 Å². The summed E-state index contributed by atoms with van der Waals surface area (Å²) in [4.78, 5) is 2.49. The maximum absolute atomic E-state index is 13.5. The quantitative estimate of drug-likeness (QED) is 0.893. The molecule has 1 atom stereocenters. The second kappa shape index (κ2) is 6.42. The highest BCUT2D eigenvalue weighted by atomic mass is 35.5. The van der Waals surface area contributed by atoms with E-state index in [2.05, 4.69) is 10.2 Å². The smallest absolute Gasteiger partial charge is 0.142 e. The topological polar surface area (TPSA) is 15.3 Å². The van der Waals surface area contributed by atoms with Crippen LogP contribution in [0, 0.1) is 5.82 Å². The number of hydrogen-bond acceptors (Lipinski definition) is 2. The number of nitrogens with zero attached hydrogens (tertiary/aromatic N) is 1. The standard InChI is InChI=1S/C16H22ClFN2/c17-15-7-4-12(9-16(15)18)11-20-8-2-1-3-14(20)10-19-13-5-6-13/h4,7,9,13-14,19H,1-3,5-6,8,10-11H2. The lowest BCUT2D eigenvalue weighted by atomic mass is 10.0. The first-order valence-electron chi connectivity index (χ1n) is 7.64. The summed E-state index contributed by atoms with van der Waals surface area (Å²) in [6.45, 7) is 3.01. The first-order valence-corrected chi connectivity index (χ1v) is 8.01. The Hall–Kier alpha value is -0.640. The van der Waals surface area contributed by atoms with Crippen LogP contribution in [0.15, 0.2) is 18.2 Å². The predicted octanol–water partition coefficient (Wildman–Crippen LogP) is 3.59. The molecule has 2 fully saturated rings. The Balaban J connectivity index is 1.61. The largest absolute Gasteiger partial charge is 0.312 e. The van der Waals surface area contributed by atoms with Crippen molar-refractivity contribution in [1.29, 1.82) is 0 Å². The van der Waals surface area contributed by atoms with E-state index < -0.39 is 0 Å². The SMILES string of the molecule is Fc1cc(CN2CCCCC2CNC2CC2)ccc1Cl. The molecular weight excluding hydrogens is 275 g/mol. The lowest BCUT2D eigenvalue weighted by molar-refractivity contribution is 0.137. The highest BCUT2D eigenvalue weighted by Crippen LogP contribution is 2.23. The fourth-order valence-electron chi connectivity index (χ4n) is 2.96. The Bertz CT molecular complexity index is 462. The van der Waals surface area contributed by atoms with E-state index in [1.807, 2.05) is 6.07 Å². The lowest BCUT2D eigenvalue weighted by Gasteiger charge is -2.36. The zero-order valence-electron chi connectivity index (χ0n) is 11.7. The van der Waals surface area contributed by atoms with Gasteiger partial charge < -0.3 is 5.32 Å². The molecule has 2 nitrogen and oxygen atoms in total. The monoisotopic (exact) mass is 296 g/mol. The second-order valence-electron chi connectivity index (χ2n) is 6.05. The van der Waals surface area contributed by atoms with E-state index in [1.54, 1.807) is 12.1 Å². The van der Waals surface area contributed by atoms with Crippen LogP contribution < -0.4 is 5.32 Å². The zero-order valence-corrected chi connectivity index (χ0v) is 12.5. The molecule has 1 N–H and O–H groups in total. The number of rotatable bonds is 5. The molecule has 4 heteroatoms. The minimum Gasteiger partial charge on any atom is -0.312 e. The van der Waals surface area contributed by atoms with Crippen molar-refractivity contribution < 1.29 is 4.39 Å². The van der Waals surface area contributed by atoms with Gasteiger partial charge in [0.25, 0.3) is 0 Å². The molecule has 1 aromatic carbocycles. The molecule has 1 saturated carbocycles. The summed E-state index contributed by atoms with van der Waals surface area (Å²) in [5.74, 6) is -0.311. The third-order valence-electron chi connectivity index (χ3n) is 4.34. The summed E-state index contributed by atoms with van der Waals surface area (Å²) in [6, 6.07) is 6.51. The first kappa shape index (κ1) is 14.3. The number of piperidine rings is 1.